The molecule has 34 heavy (non-hydrogen) atoms. The highest BCUT2D eigenvalue weighted by Crippen LogP contribution is 2.43. The van der Waals surface area contributed by atoms with Gasteiger partial charge in [-0.2, -0.15) is 0 Å². The molecular formula is C29H58O3Si2. The maximum Gasteiger partial charge on any atom is 0.192 e. The van der Waals surface area contributed by atoms with Crippen molar-refractivity contribution in [1.29, 1.82) is 0 Å². The molecule has 1 fully saturated rings. The van der Waals surface area contributed by atoms with Crippen LogP contribution in [-0.2, 0) is 8.85 Å². The molecule has 0 aromatic rings. The Hall–Kier alpha value is 0.0538. The van der Waals surface area contributed by atoms with Crippen molar-refractivity contribution >= 4 is 16.6 Å². The number of hydrogen-bond acceptors (Lipinski definition) is 3. The van der Waals surface area contributed by atoms with Crippen LogP contribution in [0.3, 0.4) is 0 Å². The summed E-state index contributed by atoms with van der Waals surface area (Å²) in [5.41, 5.74) is 1.60. The molecule has 5 heteroatoms. The molecule has 200 valence electrons. The predicted octanol–water partition coefficient (Wildman–Crippen LogP) is 8.85. The number of hydrogen-bond donors (Lipinski definition) is 1. The van der Waals surface area contributed by atoms with Gasteiger partial charge in [-0.25, -0.2) is 0 Å². The van der Waals surface area contributed by atoms with Gasteiger partial charge in [0.2, 0.25) is 0 Å². The van der Waals surface area contributed by atoms with Gasteiger partial charge in [0.15, 0.2) is 16.6 Å². The highest BCUT2D eigenvalue weighted by Gasteiger charge is 2.42. The van der Waals surface area contributed by atoms with E-state index in [1.54, 1.807) is 5.57 Å². The Morgan fingerprint density at radius 3 is 2.18 bits per heavy atom. The van der Waals surface area contributed by atoms with Crippen molar-refractivity contribution in [1.82, 2.24) is 0 Å². The van der Waals surface area contributed by atoms with Crippen LogP contribution in [0, 0.1) is 11.8 Å². The molecule has 1 N–H and O–H groups in total. The Morgan fingerprint density at radius 2 is 1.65 bits per heavy atom. The molecule has 1 saturated carbocycles. The summed E-state index contributed by atoms with van der Waals surface area (Å²) in [7, 11) is -3.43. The number of aliphatic hydroxyl groups is 1. The van der Waals surface area contributed by atoms with E-state index in [-0.39, 0.29) is 11.6 Å². The average Bonchev–Trinajstić information content (AvgIpc) is 3.19. The lowest BCUT2D eigenvalue weighted by atomic mass is 9.82. The van der Waals surface area contributed by atoms with E-state index in [4.69, 9.17) is 8.85 Å². The van der Waals surface area contributed by atoms with Crippen LogP contribution in [0.1, 0.15) is 106 Å². The minimum absolute atomic E-state index is 0.254. The fourth-order valence-electron chi connectivity index (χ4n) is 6.00. The lowest BCUT2D eigenvalue weighted by Gasteiger charge is -2.42. The van der Waals surface area contributed by atoms with Crippen molar-refractivity contribution in [3.05, 3.63) is 11.6 Å². The molecular weight excluding hydrogens is 452 g/mol. The van der Waals surface area contributed by atoms with Crippen LogP contribution in [0.15, 0.2) is 11.6 Å². The van der Waals surface area contributed by atoms with E-state index in [9.17, 15) is 5.11 Å². The van der Waals surface area contributed by atoms with Gasteiger partial charge in [-0.05, 0) is 87.1 Å². The molecule has 0 aliphatic heterocycles. The van der Waals surface area contributed by atoms with E-state index in [0.29, 0.717) is 18.1 Å². The van der Waals surface area contributed by atoms with Gasteiger partial charge >= 0.3 is 0 Å². The van der Waals surface area contributed by atoms with Crippen molar-refractivity contribution in [3.63, 3.8) is 0 Å². The zero-order valence-corrected chi connectivity index (χ0v) is 26.0. The summed E-state index contributed by atoms with van der Waals surface area (Å²) < 4.78 is 14.1. The first-order valence-corrected chi connectivity index (χ1v) is 20.1. The van der Waals surface area contributed by atoms with Gasteiger partial charge in [0, 0.05) is 18.6 Å². The van der Waals surface area contributed by atoms with Crippen LogP contribution in [-0.4, -0.2) is 40.6 Å². The summed E-state index contributed by atoms with van der Waals surface area (Å²) in [5.74, 6) is 1.22. The summed E-state index contributed by atoms with van der Waals surface area (Å²) in [6.45, 7) is 19.2. The number of rotatable bonds is 14. The topological polar surface area (TPSA) is 38.7 Å². The second-order valence-electron chi connectivity index (χ2n) is 12.7. The molecule has 2 aliphatic rings. The van der Waals surface area contributed by atoms with Crippen molar-refractivity contribution in [3.8, 4) is 0 Å². The third-order valence-corrected chi connectivity index (χ3v) is 18.9. The van der Waals surface area contributed by atoms with Gasteiger partial charge in [-0.15, -0.1) is 0 Å². The fourth-order valence-corrected chi connectivity index (χ4v) is 10.3. The molecule has 2 aliphatic carbocycles. The minimum atomic E-state index is -1.80. The smallest absolute Gasteiger partial charge is 0.192 e. The SMILES string of the molecule is CC[Si](CC)(CC)O[C@H]1CC=C(CC[C@@H](O[Si](C)(C)C(C)(C)C)C2CCCCC2)[C@H]1CCCO. The predicted molar refractivity (Wildman–Crippen MR) is 152 cm³/mol. The van der Waals surface area contributed by atoms with E-state index >= 15 is 0 Å². The highest BCUT2D eigenvalue weighted by molar-refractivity contribution is 6.74. The van der Waals surface area contributed by atoms with Crippen LogP contribution in [0.4, 0.5) is 0 Å². The van der Waals surface area contributed by atoms with E-state index in [1.807, 2.05) is 0 Å². The summed E-state index contributed by atoms with van der Waals surface area (Å²) in [5, 5.41) is 9.85. The van der Waals surface area contributed by atoms with Crippen LogP contribution < -0.4 is 0 Å². The molecule has 0 radical (unpaired) electrons. The second-order valence-corrected chi connectivity index (χ2v) is 22.2. The quantitative estimate of drug-likeness (QED) is 0.187. The first kappa shape index (κ1) is 30.3. The monoisotopic (exact) mass is 510 g/mol. The maximum absolute atomic E-state index is 9.60. The minimum Gasteiger partial charge on any atom is -0.414 e. The number of aliphatic hydroxyl groups excluding tert-OH is 1. The molecule has 0 bridgehead atoms. The second kappa shape index (κ2) is 13.6. The average molecular weight is 511 g/mol. The lowest BCUT2D eigenvalue weighted by molar-refractivity contribution is 0.0842. The Balaban J connectivity index is 2.13. The standard InChI is InChI=1S/C29H58O3Si2/c1-9-34(10-2,11-3)32-28-22-20-24(26(28)18-15-23-30)19-21-27(25-16-13-12-14-17-25)31-33(7,8)29(4,5)6/h20,25-28,30H,9-19,21-23H2,1-8H3/t26-,27-,28+/m1/s1. The van der Waals surface area contributed by atoms with Gasteiger partial charge < -0.3 is 14.0 Å². The largest absolute Gasteiger partial charge is 0.414 e. The third-order valence-electron chi connectivity index (χ3n) is 9.69. The normalized spacial score (nSPS) is 23.9. The van der Waals surface area contributed by atoms with E-state index < -0.39 is 16.6 Å². The molecule has 0 saturated heterocycles. The Labute approximate surface area is 214 Å². The van der Waals surface area contributed by atoms with Crippen LogP contribution in [0.25, 0.3) is 0 Å². The summed E-state index contributed by atoms with van der Waals surface area (Å²) in [6.07, 6.45) is 15.4. The molecule has 3 nitrogen and oxygen atoms in total. The molecule has 3 atom stereocenters. The zero-order valence-electron chi connectivity index (χ0n) is 24.0. The summed E-state index contributed by atoms with van der Waals surface area (Å²) in [4.78, 5) is 0. The Kier molecular flexibility index (Phi) is 12.1. The van der Waals surface area contributed by atoms with Crippen LogP contribution in [0.2, 0.25) is 36.3 Å². The molecule has 0 aromatic heterocycles. The van der Waals surface area contributed by atoms with Crippen molar-refractivity contribution in [2.75, 3.05) is 6.61 Å². The molecule has 0 spiro atoms. The van der Waals surface area contributed by atoms with Crippen molar-refractivity contribution in [2.45, 2.75) is 154 Å². The first-order valence-electron chi connectivity index (χ1n) is 14.7. The molecule has 0 heterocycles. The van der Waals surface area contributed by atoms with Gasteiger partial charge in [-0.1, -0.05) is 72.5 Å². The Bertz CT molecular complexity index is 607. The molecule has 0 amide bonds. The first-order chi connectivity index (χ1) is 16.0. The van der Waals surface area contributed by atoms with Gasteiger partial charge in [-0.3, -0.25) is 0 Å². The third kappa shape index (κ3) is 8.03. The Morgan fingerprint density at radius 1 is 1.03 bits per heavy atom. The van der Waals surface area contributed by atoms with Crippen LogP contribution >= 0.6 is 0 Å². The van der Waals surface area contributed by atoms with Crippen molar-refractivity contribution in [2.24, 2.45) is 11.8 Å². The molecule has 2 rings (SSSR count). The molecule has 0 unspecified atom stereocenters. The zero-order chi connectivity index (χ0) is 25.4. The fraction of sp³-hybridized carbons (Fsp3) is 0.931. The van der Waals surface area contributed by atoms with Gasteiger partial charge in [0.25, 0.3) is 0 Å². The van der Waals surface area contributed by atoms with Crippen molar-refractivity contribution < 1.29 is 14.0 Å². The van der Waals surface area contributed by atoms with Crippen LogP contribution in [0.5, 0.6) is 0 Å². The van der Waals surface area contributed by atoms with Gasteiger partial charge in [0.1, 0.15) is 0 Å². The summed E-state index contributed by atoms with van der Waals surface area (Å²) in [6, 6.07) is 3.63. The summed E-state index contributed by atoms with van der Waals surface area (Å²) >= 11 is 0. The lowest BCUT2D eigenvalue weighted by Crippen LogP contribution is -2.46. The van der Waals surface area contributed by atoms with E-state index in [2.05, 4.69) is 60.7 Å². The van der Waals surface area contributed by atoms with E-state index in [1.165, 1.54) is 50.2 Å². The maximum atomic E-state index is 9.60. The van der Waals surface area contributed by atoms with E-state index in [0.717, 1.165) is 38.0 Å². The molecule has 0 aromatic carbocycles. The highest BCUT2D eigenvalue weighted by atomic mass is 28.4. The van der Waals surface area contributed by atoms with Gasteiger partial charge in [0.05, 0.1) is 6.10 Å².